The molecule has 2 aromatic rings. The molecule has 2 aromatic carbocycles. The molecule has 162 valence electrons. The molecule has 0 amide bonds. The molecule has 1 fully saturated rings. The maximum Gasteiger partial charge on any atom is 0.0719 e. The Morgan fingerprint density at radius 2 is 1.62 bits per heavy atom. The highest BCUT2D eigenvalue weighted by atomic mass is 35.5. The van der Waals surface area contributed by atoms with Gasteiger partial charge in [0.25, 0.3) is 0 Å². The monoisotopic (exact) mass is 438 g/mol. The summed E-state index contributed by atoms with van der Waals surface area (Å²) in [6.07, 6.45) is 6.46. The van der Waals surface area contributed by atoms with Crippen molar-refractivity contribution in [3.63, 3.8) is 0 Å². The Hall–Kier alpha value is -1.13. The molecule has 1 aliphatic carbocycles. The van der Waals surface area contributed by atoms with Gasteiger partial charge in [-0.25, -0.2) is 0 Å². The average Bonchev–Trinajstić information content (AvgIpc) is 2.66. The molecule has 0 aromatic heterocycles. The van der Waals surface area contributed by atoms with E-state index in [9.17, 15) is 5.11 Å². The summed E-state index contributed by atoms with van der Waals surface area (Å²) in [5, 5.41) is 22.7. The summed E-state index contributed by atoms with van der Waals surface area (Å²) in [5.41, 5.74) is 1.25. The van der Waals surface area contributed by atoms with Gasteiger partial charge >= 0.3 is 0 Å². The number of aliphatic hydroxyl groups is 1. The normalized spacial score (nSPS) is 17.8. The highest BCUT2D eigenvalue weighted by Crippen LogP contribution is 2.44. The summed E-state index contributed by atoms with van der Waals surface area (Å²) in [5.74, 6) is -0.00855. The van der Waals surface area contributed by atoms with E-state index in [1.54, 1.807) is 0 Å². The van der Waals surface area contributed by atoms with E-state index in [1.807, 2.05) is 0 Å². The Morgan fingerprint density at radius 1 is 1.00 bits per heavy atom. The fraction of sp³-hybridized carbons (Fsp3) is 0.542. The lowest BCUT2D eigenvalue weighted by Crippen LogP contribution is -2.40. The predicted octanol–water partition coefficient (Wildman–Crippen LogP) is 6.21. The minimum atomic E-state index is -0.698. The first-order valence-electron chi connectivity index (χ1n) is 10.3. The number of fused-ring (bicyclic) bond motifs is 1. The van der Waals surface area contributed by atoms with E-state index in [4.69, 9.17) is 5.41 Å². The first kappa shape index (κ1) is 25.9. The number of hydrogen-bond acceptors (Lipinski definition) is 3. The molecule has 2 atom stereocenters. The van der Waals surface area contributed by atoms with Gasteiger partial charge in [-0.15, -0.1) is 24.8 Å². The van der Waals surface area contributed by atoms with E-state index >= 15 is 0 Å². The van der Waals surface area contributed by atoms with Crippen LogP contribution in [0.5, 0.6) is 0 Å². The second-order valence-corrected chi connectivity index (χ2v) is 8.61. The van der Waals surface area contributed by atoms with Crippen molar-refractivity contribution in [1.29, 1.82) is 5.41 Å². The van der Waals surface area contributed by atoms with Crippen molar-refractivity contribution in [3.05, 3.63) is 48.0 Å². The van der Waals surface area contributed by atoms with Gasteiger partial charge in [0, 0.05) is 24.1 Å². The van der Waals surface area contributed by atoms with Crippen molar-refractivity contribution in [2.24, 2.45) is 0 Å². The van der Waals surface area contributed by atoms with E-state index < -0.39 is 5.60 Å². The third-order valence-corrected chi connectivity index (χ3v) is 6.44. The van der Waals surface area contributed by atoms with Crippen LogP contribution in [0.4, 0.5) is 0 Å². The third kappa shape index (κ3) is 6.18. The topological polar surface area (TPSA) is 47.3 Å². The minimum absolute atomic E-state index is 0. The van der Waals surface area contributed by atoms with E-state index in [-0.39, 0.29) is 30.7 Å². The van der Waals surface area contributed by atoms with Crippen molar-refractivity contribution >= 4 is 41.3 Å². The number of benzene rings is 2. The summed E-state index contributed by atoms with van der Waals surface area (Å²) < 4.78 is 0. The van der Waals surface area contributed by atoms with Crippen LogP contribution in [0.3, 0.4) is 0 Å². The molecule has 0 aliphatic heterocycles. The highest BCUT2D eigenvalue weighted by molar-refractivity contribution is 5.88. The van der Waals surface area contributed by atoms with E-state index in [0.29, 0.717) is 12.5 Å². The first-order valence-corrected chi connectivity index (χ1v) is 10.3. The molecule has 1 aliphatic rings. The molecule has 3 nitrogen and oxygen atoms in total. The van der Waals surface area contributed by atoms with E-state index in [0.717, 1.165) is 37.8 Å². The number of rotatable bonds is 7. The zero-order valence-electron chi connectivity index (χ0n) is 17.9. The van der Waals surface area contributed by atoms with Gasteiger partial charge in [0.05, 0.1) is 5.60 Å². The summed E-state index contributed by atoms with van der Waals surface area (Å²) in [6, 6.07) is 15.2. The molecule has 0 spiro atoms. The van der Waals surface area contributed by atoms with Crippen LogP contribution in [-0.2, 0) is 0 Å². The SMILES string of the molecule is C[C@H](CC(=N)CC(c1cccc2ccccc12)C1(O)CCCCC1)N(C)C.Cl.Cl. The lowest BCUT2D eigenvalue weighted by Gasteiger charge is -2.40. The third-order valence-electron chi connectivity index (χ3n) is 6.44. The van der Waals surface area contributed by atoms with Crippen molar-refractivity contribution in [3.8, 4) is 0 Å². The van der Waals surface area contributed by atoms with Crippen LogP contribution in [0.25, 0.3) is 10.8 Å². The molecule has 0 saturated heterocycles. The van der Waals surface area contributed by atoms with E-state index in [2.05, 4.69) is 68.4 Å². The van der Waals surface area contributed by atoms with Crippen LogP contribution in [0.1, 0.15) is 63.4 Å². The van der Waals surface area contributed by atoms with Gasteiger partial charge in [-0.05, 0) is 56.6 Å². The molecule has 29 heavy (non-hydrogen) atoms. The molecular weight excluding hydrogens is 403 g/mol. The number of nitrogens with zero attached hydrogens (tertiary/aromatic N) is 1. The zero-order valence-corrected chi connectivity index (χ0v) is 19.5. The van der Waals surface area contributed by atoms with Crippen LogP contribution in [0.15, 0.2) is 42.5 Å². The molecule has 0 heterocycles. The lowest BCUT2D eigenvalue weighted by atomic mass is 9.69. The van der Waals surface area contributed by atoms with Crippen molar-refractivity contribution in [2.45, 2.75) is 69.4 Å². The maximum atomic E-state index is 11.6. The minimum Gasteiger partial charge on any atom is -0.389 e. The van der Waals surface area contributed by atoms with Gasteiger partial charge in [-0.1, -0.05) is 61.7 Å². The molecule has 2 N–H and O–H groups in total. The van der Waals surface area contributed by atoms with Crippen LogP contribution in [-0.4, -0.2) is 41.5 Å². The summed E-state index contributed by atoms with van der Waals surface area (Å²) in [7, 11) is 4.13. The molecule has 1 unspecified atom stereocenters. The standard InChI is InChI=1S/C24H34N2O.2ClH/c1-18(26(2)3)16-20(25)17-23(24(27)14-7-4-8-15-24)22-13-9-11-19-10-5-6-12-21(19)22;;/h5-6,9-13,18,23,25,27H,4,7-8,14-17H2,1-3H3;2*1H/t18-,23?;;/m1../s1. The predicted molar refractivity (Wildman–Crippen MR) is 129 cm³/mol. The Morgan fingerprint density at radius 3 is 2.28 bits per heavy atom. The quantitative estimate of drug-likeness (QED) is 0.504. The molecule has 1 saturated carbocycles. The van der Waals surface area contributed by atoms with E-state index in [1.165, 1.54) is 22.8 Å². The molecular formula is C24H36Cl2N2O. The molecule has 0 bridgehead atoms. The van der Waals surface area contributed by atoms with Gasteiger partial charge in [0.15, 0.2) is 0 Å². The molecule has 0 radical (unpaired) electrons. The summed E-state index contributed by atoms with van der Waals surface area (Å²) in [4.78, 5) is 2.16. The Bertz CT molecular complexity index is 782. The zero-order chi connectivity index (χ0) is 19.4. The Labute approximate surface area is 188 Å². The van der Waals surface area contributed by atoms with Gasteiger partial charge < -0.3 is 15.4 Å². The molecule has 5 heteroatoms. The van der Waals surface area contributed by atoms with Gasteiger partial charge in [-0.3, -0.25) is 0 Å². The highest BCUT2D eigenvalue weighted by Gasteiger charge is 2.39. The number of halogens is 2. The second-order valence-electron chi connectivity index (χ2n) is 8.61. The Kier molecular flexibility index (Phi) is 10.1. The van der Waals surface area contributed by atoms with Gasteiger partial charge in [-0.2, -0.15) is 0 Å². The van der Waals surface area contributed by atoms with Crippen LogP contribution < -0.4 is 0 Å². The maximum absolute atomic E-state index is 11.6. The number of hydrogen-bond donors (Lipinski definition) is 2. The molecule has 3 rings (SSSR count). The summed E-state index contributed by atoms with van der Waals surface area (Å²) in [6.45, 7) is 2.16. The fourth-order valence-corrected chi connectivity index (χ4v) is 4.53. The van der Waals surface area contributed by atoms with Gasteiger partial charge in [0.2, 0.25) is 0 Å². The van der Waals surface area contributed by atoms with Crippen LogP contribution in [0, 0.1) is 5.41 Å². The lowest BCUT2D eigenvalue weighted by molar-refractivity contribution is -0.0198. The fourth-order valence-electron chi connectivity index (χ4n) is 4.53. The smallest absolute Gasteiger partial charge is 0.0719 e. The van der Waals surface area contributed by atoms with Crippen molar-refractivity contribution < 1.29 is 5.11 Å². The average molecular weight is 439 g/mol. The van der Waals surface area contributed by atoms with Crippen molar-refractivity contribution in [2.75, 3.05) is 14.1 Å². The largest absolute Gasteiger partial charge is 0.389 e. The number of nitrogens with one attached hydrogen (secondary N) is 1. The summed E-state index contributed by atoms with van der Waals surface area (Å²) >= 11 is 0. The Balaban J connectivity index is 0.00000210. The first-order chi connectivity index (χ1) is 12.9. The van der Waals surface area contributed by atoms with Crippen LogP contribution in [0.2, 0.25) is 0 Å². The van der Waals surface area contributed by atoms with Crippen molar-refractivity contribution in [1.82, 2.24) is 4.90 Å². The van der Waals surface area contributed by atoms with Gasteiger partial charge in [0.1, 0.15) is 0 Å². The second kappa shape index (κ2) is 11.3. The van der Waals surface area contributed by atoms with Crippen LogP contribution >= 0.6 is 24.8 Å².